The van der Waals surface area contributed by atoms with Crippen molar-refractivity contribution in [3.05, 3.63) is 29.2 Å². The van der Waals surface area contributed by atoms with Gasteiger partial charge in [-0.25, -0.2) is 4.98 Å². The van der Waals surface area contributed by atoms with Crippen LogP contribution in [0, 0.1) is 11.8 Å². The van der Waals surface area contributed by atoms with Gasteiger partial charge in [-0.3, -0.25) is 14.3 Å². The number of aliphatic hydroxyl groups excluding tert-OH is 1. The Bertz CT molecular complexity index is 972. The molecule has 0 aromatic carbocycles. The third kappa shape index (κ3) is 4.99. The van der Waals surface area contributed by atoms with Crippen LogP contribution in [0.3, 0.4) is 0 Å². The van der Waals surface area contributed by atoms with Crippen molar-refractivity contribution in [1.82, 2.24) is 14.8 Å². The first-order chi connectivity index (χ1) is 14.9. The van der Waals surface area contributed by atoms with Crippen molar-refractivity contribution < 1.29 is 14.7 Å². The molecule has 1 amide bonds. The van der Waals surface area contributed by atoms with E-state index in [9.17, 15) is 14.7 Å². The average Bonchev–Trinajstić information content (AvgIpc) is 3.19. The highest BCUT2D eigenvalue weighted by Crippen LogP contribution is 2.35. The van der Waals surface area contributed by atoms with E-state index in [1.54, 1.807) is 6.20 Å². The summed E-state index contributed by atoms with van der Waals surface area (Å²) in [6, 6.07) is 1.82. The molecule has 1 fully saturated rings. The molecule has 0 bridgehead atoms. The first-order valence-corrected chi connectivity index (χ1v) is 11.5. The lowest BCUT2D eigenvalue weighted by Crippen LogP contribution is -2.30. The number of anilines is 1. The minimum absolute atomic E-state index is 0.0768. The van der Waals surface area contributed by atoms with E-state index in [0.717, 1.165) is 56.2 Å². The number of Topliss-reactive ketones (excluding diaryl/α,β-unsaturated/α-hetero) is 1. The summed E-state index contributed by atoms with van der Waals surface area (Å²) in [6.45, 7) is 2.42. The highest BCUT2D eigenvalue weighted by atomic mass is 35.5. The van der Waals surface area contributed by atoms with Crippen molar-refractivity contribution in [2.24, 2.45) is 11.8 Å². The third-order valence-corrected chi connectivity index (χ3v) is 6.79. The van der Waals surface area contributed by atoms with E-state index < -0.39 is 6.10 Å². The molecule has 2 aromatic heterocycles. The second-order valence-electron chi connectivity index (χ2n) is 8.80. The van der Waals surface area contributed by atoms with Gasteiger partial charge in [-0.1, -0.05) is 18.0 Å². The lowest BCUT2D eigenvalue weighted by molar-refractivity contribution is -0.128. The largest absolute Gasteiger partial charge is 0.386 e. The predicted molar refractivity (Wildman–Crippen MR) is 119 cm³/mol. The summed E-state index contributed by atoms with van der Waals surface area (Å²) in [4.78, 5) is 29.1. The van der Waals surface area contributed by atoms with Crippen molar-refractivity contribution in [3.63, 3.8) is 0 Å². The zero-order valence-electron chi connectivity index (χ0n) is 17.8. The number of fused-ring (bicyclic) bond motifs is 1. The fourth-order valence-corrected chi connectivity index (χ4v) is 4.96. The Balaban J connectivity index is 1.46. The standard InChI is InChI=1S/C23H29ClN4O3/c1-14(29)21(30)10-15-5-4-6-16(9-15)23(31)27-22-11-17(19(24)13-25-22)18-12-26-28-8-3-2-7-20(18)28/h11-16,29H,2-10H2,1H3,(H,25,27,31)/t14-,15+,16-/m0/s1. The monoisotopic (exact) mass is 444 g/mol. The van der Waals surface area contributed by atoms with Crippen LogP contribution in [0.4, 0.5) is 5.82 Å². The normalized spacial score (nSPS) is 21.9. The molecule has 0 radical (unpaired) electrons. The van der Waals surface area contributed by atoms with Crippen LogP contribution in [0.25, 0.3) is 11.1 Å². The van der Waals surface area contributed by atoms with E-state index in [1.807, 2.05) is 16.9 Å². The number of nitrogens with zero attached hydrogens (tertiary/aromatic N) is 3. The van der Waals surface area contributed by atoms with E-state index in [2.05, 4.69) is 15.4 Å². The van der Waals surface area contributed by atoms with Gasteiger partial charge in [-0.2, -0.15) is 5.10 Å². The number of carbonyl (C=O) groups is 2. The quantitative estimate of drug-likeness (QED) is 0.701. The van der Waals surface area contributed by atoms with Crippen LogP contribution >= 0.6 is 11.6 Å². The maximum Gasteiger partial charge on any atom is 0.228 e. The highest BCUT2D eigenvalue weighted by molar-refractivity contribution is 6.33. The van der Waals surface area contributed by atoms with Crippen molar-refractivity contribution in [1.29, 1.82) is 0 Å². The van der Waals surface area contributed by atoms with Crippen molar-refractivity contribution >= 4 is 29.1 Å². The lowest BCUT2D eigenvalue weighted by Gasteiger charge is -2.28. The zero-order chi connectivity index (χ0) is 22.0. The van der Waals surface area contributed by atoms with Gasteiger partial charge in [0, 0.05) is 41.9 Å². The molecule has 7 nitrogen and oxygen atoms in total. The SMILES string of the molecule is C[C@H](O)C(=O)C[C@@H]1CCC[C@H](C(=O)Nc2cc(-c3cnn4c3CCCC4)c(Cl)cn2)C1. The fourth-order valence-electron chi connectivity index (χ4n) is 4.76. The minimum Gasteiger partial charge on any atom is -0.386 e. The molecule has 2 N–H and O–H groups in total. The van der Waals surface area contributed by atoms with Gasteiger partial charge in [0.2, 0.25) is 5.91 Å². The number of amides is 1. The van der Waals surface area contributed by atoms with Gasteiger partial charge in [0.1, 0.15) is 11.9 Å². The maximum atomic E-state index is 12.9. The number of hydrogen-bond donors (Lipinski definition) is 2. The summed E-state index contributed by atoms with van der Waals surface area (Å²) in [5.74, 6) is 0.221. The van der Waals surface area contributed by atoms with E-state index in [0.29, 0.717) is 23.7 Å². The lowest BCUT2D eigenvalue weighted by atomic mass is 9.78. The van der Waals surface area contributed by atoms with Crippen molar-refractivity contribution in [2.45, 2.75) is 70.9 Å². The van der Waals surface area contributed by atoms with Crippen LogP contribution in [-0.4, -0.2) is 37.7 Å². The number of ketones is 1. The molecule has 8 heteroatoms. The number of aryl methyl sites for hydroxylation is 1. The highest BCUT2D eigenvalue weighted by Gasteiger charge is 2.29. The summed E-state index contributed by atoms with van der Waals surface area (Å²) in [5.41, 5.74) is 3.01. The number of aliphatic hydroxyl groups is 1. The number of hydrogen-bond acceptors (Lipinski definition) is 5. The first-order valence-electron chi connectivity index (χ1n) is 11.1. The van der Waals surface area contributed by atoms with Crippen LogP contribution in [0.5, 0.6) is 0 Å². The van der Waals surface area contributed by atoms with E-state index in [4.69, 9.17) is 11.6 Å². The molecule has 2 aliphatic rings. The minimum atomic E-state index is -0.944. The van der Waals surface area contributed by atoms with Gasteiger partial charge in [0.05, 0.1) is 11.2 Å². The van der Waals surface area contributed by atoms with Gasteiger partial charge in [0.15, 0.2) is 5.78 Å². The molecule has 31 heavy (non-hydrogen) atoms. The zero-order valence-corrected chi connectivity index (χ0v) is 18.6. The number of rotatable bonds is 6. The number of pyridine rings is 1. The second-order valence-corrected chi connectivity index (χ2v) is 9.21. The number of nitrogens with one attached hydrogen (secondary N) is 1. The second kappa shape index (κ2) is 9.49. The van der Waals surface area contributed by atoms with Gasteiger partial charge in [0.25, 0.3) is 0 Å². The summed E-state index contributed by atoms with van der Waals surface area (Å²) >= 11 is 6.44. The summed E-state index contributed by atoms with van der Waals surface area (Å²) < 4.78 is 2.03. The predicted octanol–water partition coefficient (Wildman–Crippen LogP) is 4.02. The number of carbonyl (C=O) groups excluding carboxylic acids is 2. The molecule has 3 atom stereocenters. The van der Waals surface area contributed by atoms with E-state index >= 15 is 0 Å². The number of aromatic nitrogens is 3. The number of halogens is 1. The van der Waals surface area contributed by atoms with Crippen LogP contribution in [0.2, 0.25) is 5.02 Å². The maximum absolute atomic E-state index is 12.9. The van der Waals surface area contributed by atoms with Crippen LogP contribution in [0.1, 0.15) is 57.6 Å². The molecule has 0 unspecified atom stereocenters. The molecule has 4 rings (SSSR count). The molecule has 3 heterocycles. The van der Waals surface area contributed by atoms with Gasteiger partial charge < -0.3 is 10.4 Å². The van der Waals surface area contributed by atoms with Crippen molar-refractivity contribution in [3.8, 4) is 11.1 Å². The molecule has 0 spiro atoms. The molecule has 0 saturated heterocycles. The smallest absolute Gasteiger partial charge is 0.228 e. The molecule has 2 aromatic rings. The van der Waals surface area contributed by atoms with Gasteiger partial charge in [-0.15, -0.1) is 0 Å². The summed E-state index contributed by atoms with van der Waals surface area (Å²) in [7, 11) is 0. The van der Waals surface area contributed by atoms with E-state index in [1.165, 1.54) is 12.6 Å². The molecule has 166 valence electrons. The Morgan fingerprint density at radius 3 is 2.90 bits per heavy atom. The fraction of sp³-hybridized carbons (Fsp3) is 0.565. The Morgan fingerprint density at radius 2 is 2.10 bits per heavy atom. The van der Waals surface area contributed by atoms with E-state index in [-0.39, 0.29) is 23.5 Å². The van der Waals surface area contributed by atoms with Crippen LogP contribution in [-0.2, 0) is 22.6 Å². The Labute approximate surface area is 187 Å². The molecule has 1 saturated carbocycles. The summed E-state index contributed by atoms with van der Waals surface area (Å²) in [5, 5.41) is 17.4. The topological polar surface area (TPSA) is 97.1 Å². The van der Waals surface area contributed by atoms with Gasteiger partial charge >= 0.3 is 0 Å². The summed E-state index contributed by atoms with van der Waals surface area (Å²) in [6.07, 6.45) is 9.29. The molecule has 1 aliphatic heterocycles. The average molecular weight is 445 g/mol. The molecular formula is C23H29ClN4O3. The Morgan fingerprint density at radius 1 is 1.26 bits per heavy atom. The van der Waals surface area contributed by atoms with Crippen LogP contribution < -0.4 is 5.32 Å². The van der Waals surface area contributed by atoms with Crippen molar-refractivity contribution in [2.75, 3.05) is 5.32 Å². The molecular weight excluding hydrogens is 416 g/mol. The van der Waals surface area contributed by atoms with Gasteiger partial charge in [-0.05, 0) is 57.4 Å². The molecule has 1 aliphatic carbocycles. The Kier molecular flexibility index (Phi) is 6.72. The Hall–Kier alpha value is -2.25. The third-order valence-electron chi connectivity index (χ3n) is 6.49. The first kappa shape index (κ1) is 22.0. The van der Waals surface area contributed by atoms with Crippen LogP contribution in [0.15, 0.2) is 18.5 Å².